The monoisotopic (exact) mass is 387 g/mol. The highest BCUT2D eigenvalue weighted by atomic mass is 32.2. The summed E-state index contributed by atoms with van der Waals surface area (Å²) < 4.78 is 0. The van der Waals surface area contributed by atoms with Gasteiger partial charge in [0.15, 0.2) is 0 Å². The summed E-state index contributed by atoms with van der Waals surface area (Å²) in [5.74, 6) is 1.29. The molecule has 1 aromatic heterocycles. The lowest BCUT2D eigenvalue weighted by molar-refractivity contribution is -0.116. The van der Waals surface area contributed by atoms with E-state index in [2.05, 4.69) is 34.9 Å². The average molecular weight is 388 g/mol. The van der Waals surface area contributed by atoms with Crippen molar-refractivity contribution < 1.29 is 4.79 Å². The van der Waals surface area contributed by atoms with Gasteiger partial charge in [-0.25, -0.2) is 0 Å². The number of nitrogens with one attached hydrogen (secondary N) is 2. The normalized spacial score (nSPS) is 10.9. The number of para-hydroxylation sites is 1. The van der Waals surface area contributed by atoms with Gasteiger partial charge < -0.3 is 10.6 Å². The van der Waals surface area contributed by atoms with E-state index in [-0.39, 0.29) is 5.91 Å². The molecule has 0 saturated carbocycles. The maximum Gasteiger partial charge on any atom is 0.224 e. The highest BCUT2D eigenvalue weighted by molar-refractivity contribution is 7.98. The molecule has 2 aromatic rings. The zero-order chi connectivity index (χ0) is 19.3. The fourth-order valence-electron chi connectivity index (χ4n) is 3.11. The minimum atomic E-state index is 0.0752. The Bertz CT molecular complexity index is 705. The Morgan fingerprint density at radius 3 is 2.70 bits per heavy atom. The number of nitrogens with zero attached hydrogens (tertiary/aromatic N) is 1. The quantitative estimate of drug-likeness (QED) is 0.408. The first kappa shape index (κ1) is 21.5. The number of pyridine rings is 1. The van der Waals surface area contributed by atoms with Gasteiger partial charge in [0.25, 0.3) is 0 Å². The predicted molar refractivity (Wildman–Crippen MR) is 120 cm³/mol. The van der Waals surface area contributed by atoms with Crippen molar-refractivity contribution in [1.29, 1.82) is 0 Å². The van der Waals surface area contributed by atoms with Gasteiger partial charge in [-0.2, -0.15) is 11.8 Å². The molecule has 4 nitrogen and oxygen atoms in total. The van der Waals surface area contributed by atoms with Crippen LogP contribution >= 0.6 is 11.8 Å². The van der Waals surface area contributed by atoms with Crippen LogP contribution in [0.1, 0.15) is 58.3 Å². The minimum absolute atomic E-state index is 0.0752. The molecule has 0 aliphatic rings. The minimum Gasteiger partial charge on any atom is -0.383 e. The highest BCUT2D eigenvalue weighted by Gasteiger charge is 2.11. The van der Waals surface area contributed by atoms with E-state index in [0.29, 0.717) is 6.42 Å². The van der Waals surface area contributed by atoms with Gasteiger partial charge in [-0.3, -0.25) is 9.78 Å². The molecule has 1 aromatic carbocycles. The van der Waals surface area contributed by atoms with Gasteiger partial charge in [0.05, 0.1) is 23.1 Å². The Balaban J connectivity index is 2.02. The summed E-state index contributed by atoms with van der Waals surface area (Å²) in [6, 6.07) is 8.09. The molecule has 0 aliphatic heterocycles. The van der Waals surface area contributed by atoms with E-state index in [1.54, 1.807) is 6.20 Å². The molecule has 0 atom stereocenters. The SMILES string of the molecule is CCCCCCC(=O)Nc1cnc2ccccc2c1NCCCCCSC. The van der Waals surface area contributed by atoms with Crippen LogP contribution in [0.2, 0.25) is 0 Å². The van der Waals surface area contributed by atoms with Gasteiger partial charge >= 0.3 is 0 Å². The Morgan fingerprint density at radius 2 is 1.89 bits per heavy atom. The van der Waals surface area contributed by atoms with Crippen LogP contribution in [-0.4, -0.2) is 29.4 Å². The fraction of sp³-hybridized carbons (Fsp3) is 0.545. The van der Waals surface area contributed by atoms with Gasteiger partial charge in [0.1, 0.15) is 0 Å². The van der Waals surface area contributed by atoms with Crippen LogP contribution < -0.4 is 10.6 Å². The molecule has 1 amide bonds. The van der Waals surface area contributed by atoms with Crippen molar-refractivity contribution in [2.45, 2.75) is 58.3 Å². The lowest BCUT2D eigenvalue weighted by Crippen LogP contribution is -2.14. The second kappa shape index (κ2) is 12.6. The number of amides is 1. The zero-order valence-corrected chi connectivity index (χ0v) is 17.5. The van der Waals surface area contributed by atoms with Crippen LogP contribution in [0.4, 0.5) is 11.4 Å². The maximum absolute atomic E-state index is 12.3. The van der Waals surface area contributed by atoms with E-state index in [1.807, 2.05) is 30.0 Å². The van der Waals surface area contributed by atoms with Crippen molar-refractivity contribution in [3.05, 3.63) is 30.5 Å². The fourth-order valence-corrected chi connectivity index (χ4v) is 3.61. The Labute approximate surface area is 167 Å². The summed E-state index contributed by atoms with van der Waals surface area (Å²) in [5, 5.41) is 7.69. The summed E-state index contributed by atoms with van der Waals surface area (Å²) in [6.07, 6.45) is 12.5. The summed E-state index contributed by atoms with van der Waals surface area (Å²) in [5.41, 5.74) is 2.73. The number of anilines is 2. The number of unbranched alkanes of at least 4 members (excludes halogenated alkanes) is 5. The molecule has 0 bridgehead atoms. The van der Waals surface area contributed by atoms with Gasteiger partial charge in [0.2, 0.25) is 5.91 Å². The summed E-state index contributed by atoms with van der Waals surface area (Å²) >= 11 is 1.90. The van der Waals surface area contributed by atoms with E-state index >= 15 is 0 Å². The molecule has 0 spiro atoms. The number of carbonyl (C=O) groups excluding carboxylic acids is 1. The van der Waals surface area contributed by atoms with Crippen molar-refractivity contribution in [2.75, 3.05) is 29.2 Å². The summed E-state index contributed by atoms with van der Waals surface area (Å²) in [7, 11) is 0. The second-order valence-corrected chi connectivity index (χ2v) is 7.89. The van der Waals surface area contributed by atoms with Crippen LogP contribution in [0.5, 0.6) is 0 Å². The van der Waals surface area contributed by atoms with Crippen LogP contribution in [0.15, 0.2) is 30.5 Å². The first-order chi connectivity index (χ1) is 13.3. The number of fused-ring (bicyclic) bond motifs is 1. The first-order valence-corrected chi connectivity index (χ1v) is 11.6. The summed E-state index contributed by atoms with van der Waals surface area (Å²) in [6.45, 7) is 3.08. The lowest BCUT2D eigenvalue weighted by Gasteiger charge is -2.15. The van der Waals surface area contributed by atoms with Crippen molar-refractivity contribution in [3.8, 4) is 0 Å². The van der Waals surface area contributed by atoms with Gasteiger partial charge in [0, 0.05) is 18.4 Å². The number of aromatic nitrogens is 1. The van der Waals surface area contributed by atoms with E-state index in [9.17, 15) is 4.79 Å². The Kier molecular flexibility index (Phi) is 10.1. The van der Waals surface area contributed by atoms with E-state index < -0.39 is 0 Å². The van der Waals surface area contributed by atoms with E-state index in [4.69, 9.17) is 0 Å². The largest absolute Gasteiger partial charge is 0.383 e. The molecule has 2 N–H and O–H groups in total. The molecular weight excluding hydrogens is 354 g/mol. The van der Waals surface area contributed by atoms with Crippen LogP contribution in [0.3, 0.4) is 0 Å². The molecule has 0 fully saturated rings. The number of hydrogen-bond donors (Lipinski definition) is 2. The van der Waals surface area contributed by atoms with Crippen molar-refractivity contribution in [2.24, 2.45) is 0 Å². The second-order valence-electron chi connectivity index (χ2n) is 6.90. The molecule has 5 heteroatoms. The third-order valence-electron chi connectivity index (χ3n) is 4.63. The maximum atomic E-state index is 12.3. The topological polar surface area (TPSA) is 54.0 Å². The van der Waals surface area contributed by atoms with Crippen LogP contribution in [0.25, 0.3) is 10.9 Å². The number of carbonyl (C=O) groups is 1. The highest BCUT2D eigenvalue weighted by Crippen LogP contribution is 2.30. The Morgan fingerprint density at radius 1 is 1.07 bits per heavy atom. The van der Waals surface area contributed by atoms with Crippen molar-refractivity contribution >= 4 is 39.9 Å². The van der Waals surface area contributed by atoms with E-state index in [1.165, 1.54) is 31.4 Å². The van der Waals surface area contributed by atoms with Crippen LogP contribution in [0, 0.1) is 0 Å². The summed E-state index contributed by atoms with van der Waals surface area (Å²) in [4.78, 5) is 16.9. The van der Waals surface area contributed by atoms with E-state index in [0.717, 1.165) is 48.1 Å². The number of benzene rings is 1. The smallest absolute Gasteiger partial charge is 0.224 e. The molecule has 27 heavy (non-hydrogen) atoms. The van der Waals surface area contributed by atoms with Gasteiger partial charge in [-0.1, -0.05) is 50.8 Å². The Hall–Kier alpha value is -1.75. The molecule has 0 radical (unpaired) electrons. The van der Waals surface area contributed by atoms with Crippen molar-refractivity contribution in [3.63, 3.8) is 0 Å². The molecule has 0 saturated heterocycles. The average Bonchev–Trinajstić information content (AvgIpc) is 2.69. The lowest BCUT2D eigenvalue weighted by atomic mass is 10.1. The number of thioether (sulfide) groups is 1. The molecular formula is C22H33N3OS. The molecule has 2 rings (SSSR count). The van der Waals surface area contributed by atoms with Gasteiger partial charge in [-0.05, 0) is 37.3 Å². The molecule has 0 aliphatic carbocycles. The third kappa shape index (κ3) is 7.41. The molecule has 1 heterocycles. The molecule has 148 valence electrons. The zero-order valence-electron chi connectivity index (χ0n) is 16.7. The number of hydrogen-bond acceptors (Lipinski definition) is 4. The third-order valence-corrected chi connectivity index (χ3v) is 5.33. The molecule has 0 unspecified atom stereocenters. The van der Waals surface area contributed by atoms with Crippen molar-refractivity contribution in [1.82, 2.24) is 4.98 Å². The van der Waals surface area contributed by atoms with Crippen LogP contribution in [-0.2, 0) is 4.79 Å². The first-order valence-electron chi connectivity index (χ1n) is 10.2. The predicted octanol–water partition coefficient (Wildman–Crippen LogP) is 6.09. The van der Waals surface area contributed by atoms with Gasteiger partial charge in [-0.15, -0.1) is 0 Å². The standard InChI is InChI=1S/C22H33N3OS/c1-3-4-5-7-14-21(26)25-20-17-24-19-13-9-8-12-18(19)22(20)23-15-10-6-11-16-27-2/h8-9,12-13,17H,3-7,10-11,14-16H2,1-2H3,(H,23,24)(H,25,26). The number of rotatable bonds is 13.